The summed E-state index contributed by atoms with van der Waals surface area (Å²) in [5.41, 5.74) is 1.02. The average molecular weight is 242 g/mol. The smallest absolute Gasteiger partial charge is 0.163 e. The Morgan fingerprint density at radius 1 is 1.06 bits per heavy atom. The molecule has 0 radical (unpaired) electrons. The molecule has 18 heavy (non-hydrogen) atoms. The van der Waals surface area contributed by atoms with E-state index in [2.05, 4.69) is 27.5 Å². The Bertz CT molecular complexity index is 496. The number of benzene rings is 1. The fourth-order valence-electron chi connectivity index (χ4n) is 1.64. The monoisotopic (exact) mass is 242 g/mol. The average Bonchev–Trinajstić information content (AvgIpc) is 2.45. The van der Waals surface area contributed by atoms with E-state index in [-0.39, 0.29) is 0 Å². The zero-order valence-electron chi connectivity index (χ0n) is 10.8. The number of nitrogens with zero attached hydrogens (tertiary/aromatic N) is 2. The topological polar surface area (TPSA) is 49.8 Å². The molecule has 0 aliphatic heterocycles. The molecule has 2 N–H and O–H groups in total. The highest BCUT2D eigenvalue weighted by molar-refractivity contribution is 5.60. The lowest BCUT2D eigenvalue weighted by atomic mass is 10.2. The van der Waals surface area contributed by atoms with Crippen molar-refractivity contribution in [3.63, 3.8) is 0 Å². The molecule has 0 aliphatic carbocycles. The maximum Gasteiger partial charge on any atom is 0.163 e. The van der Waals surface area contributed by atoms with Crippen LogP contribution in [0.5, 0.6) is 0 Å². The second-order valence-corrected chi connectivity index (χ2v) is 4.00. The van der Waals surface area contributed by atoms with Gasteiger partial charge in [-0.3, -0.25) is 0 Å². The number of hydrogen-bond donors (Lipinski definition) is 2. The summed E-state index contributed by atoms with van der Waals surface area (Å²) in [5.74, 6) is 2.42. The normalized spacial score (nSPS) is 10.1. The van der Waals surface area contributed by atoms with Crippen molar-refractivity contribution in [3.05, 3.63) is 36.4 Å². The van der Waals surface area contributed by atoms with Crippen LogP contribution in [-0.4, -0.2) is 23.6 Å². The van der Waals surface area contributed by atoms with Crippen LogP contribution in [0.2, 0.25) is 0 Å². The van der Waals surface area contributed by atoms with Gasteiger partial charge >= 0.3 is 0 Å². The fraction of sp³-hybridized carbons (Fsp3) is 0.286. The third kappa shape index (κ3) is 2.97. The summed E-state index contributed by atoms with van der Waals surface area (Å²) in [5, 5.41) is 6.35. The highest BCUT2D eigenvalue weighted by Crippen LogP contribution is 2.19. The Kier molecular flexibility index (Phi) is 4.12. The summed E-state index contributed by atoms with van der Waals surface area (Å²) in [6.07, 6.45) is 1.07. The summed E-state index contributed by atoms with van der Waals surface area (Å²) in [7, 11) is 1.86. The number of nitrogens with one attached hydrogen (secondary N) is 2. The highest BCUT2D eigenvalue weighted by Gasteiger charge is 2.05. The van der Waals surface area contributed by atoms with Gasteiger partial charge < -0.3 is 10.6 Å². The molecule has 0 atom stereocenters. The van der Waals surface area contributed by atoms with E-state index in [0.29, 0.717) is 0 Å². The number of hydrogen-bond acceptors (Lipinski definition) is 4. The Morgan fingerprint density at radius 3 is 2.44 bits per heavy atom. The van der Waals surface area contributed by atoms with Crippen LogP contribution < -0.4 is 10.6 Å². The minimum absolute atomic E-state index is 0.737. The molecule has 0 fully saturated rings. The predicted octanol–water partition coefficient (Wildman–Crippen LogP) is 3.01. The highest BCUT2D eigenvalue weighted by atomic mass is 15.1. The maximum atomic E-state index is 4.53. The molecule has 1 aromatic heterocycles. The van der Waals surface area contributed by atoms with Crippen LogP contribution in [-0.2, 0) is 0 Å². The summed E-state index contributed by atoms with van der Waals surface area (Å²) in [4.78, 5) is 8.99. The van der Waals surface area contributed by atoms with Gasteiger partial charge in [-0.1, -0.05) is 37.3 Å². The van der Waals surface area contributed by atoms with Gasteiger partial charge in [0.2, 0.25) is 0 Å². The molecule has 1 aromatic carbocycles. The van der Waals surface area contributed by atoms with Crippen molar-refractivity contribution < 1.29 is 0 Å². The van der Waals surface area contributed by atoms with Crippen molar-refractivity contribution in [1.29, 1.82) is 0 Å². The van der Waals surface area contributed by atoms with Crippen LogP contribution in [0.15, 0.2) is 36.4 Å². The minimum Gasteiger partial charge on any atom is -0.373 e. The summed E-state index contributed by atoms with van der Waals surface area (Å²) in [6, 6.07) is 11.9. The van der Waals surface area contributed by atoms with Gasteiger partial charge in [0, 0.05) is 25.2 Å². The molecule has 0 spiro atoms. The second-order valence-electron chi connectivity index (χ2n) is 4.00. The second kappa shape index (κ2) is 6.00. The Labute approximate surface area is 107 Å². The standard InChI is InChI=1S/C14H18N4/c1-3-9-16-13-10-12(15-2)17-14(18-13)11-7-5-4-6-8-11/h4-8,10H,3,9H2,1-2H3,(H2,15,16,17,18). The summed E-state index contributed by atoms with van der Waals surface area (Å²) >= 11 is 0. The van der Waals surface area contributed by atoms with Gasteiger partial charge in [-0.25, -0.2) is 9.97 Å². The van der Waals surface area contributed by atoms with Crippen LogP contribution in [0.1, 0.15) is 13.3 Å². The lowest BCUT2D eigenvalue weighted by Gasteiger charge is -2.09. The van der Waals surface area contributed by atoms with Gasteiger partial charge in [0.1, 0.15) is 11.6 Å². The number of aromatic nitrogens is 2. The molecule has 2 aromatic rings. The quantitative estimate of drug-likeness (QED) is 0.846. The van der Waals surface area contributed by atoms with Crippen LogP contribution in [0.4, 0.5) is 11.6 Å². The van der Waals surface area contributed by atoms with Crippen LogP contribution in [0, 0.1) is 0 Å². The molecule has 94 valence electrons. The van der Waals surface area contributed by atoms with Crippen LogP contribution in [0.3, 0.4) is 0 Å². The van der Waals surface area contributed by atoms with Gasteiger partial charge in [-0.15, -0.1) is 0 Å². The maximum absolute atomic E-state index is 4.53. The number of anilines is 2. The Hall–Kier alpha value is -2.10. The van der Waals surface area contributed by atoms with E-state index in [0.717, 1.165) is 36.0 Å². The molecule has 0 aliphatic rings. The van der Waals surface area contributed by atoms with E-state index in [1.807, 2.05) is 43.4 Å². The van der Waals surface area contributed by atoms with Crippen molar-refractivity contribution in [2.45, 2.75) is 13.3 Å². The van der Waals surface area contributed by atoms with Gasteiger partial charge in [0.15, 0.2) is 5.82 Å². The molecule has 0 bridgehead atoms. The third-order valence-corrected chi connectivity index (χ3v) is 2.57. The van der Waals surface area contributed by atoms with Crippen molar-refractivity contribution >= 4 is 11.6 Å². The molecule has 4 heteroatoms. The molecule has 0 unspecified atom stereocenters. The largest absolute Gasteiger partial charge is 0.373 e. The number of rotatable bonds is 5. The van der Waals surface area contributed by atoms with E-state index in [4.69, 9.17) is 0 Å². The van der Waals surface area contributed by atoms with Gasteiger partial charge in [0.25, 0.3) is 0 Å². The zero-order chi connectivity index (χ0) is 12.8. The van der Waals surface area contributed by atoms with Gasteiger partial charge in [0.05, 0.1) is 0 Å². The van der Waals surface area contributed by atoms with E-state index < -0.39 is 0 Å². The molecule has 0 saturated heterocycles. The van der Waals surface area contributed by atoms with E-state index in [1.165, 1.54) is 0 Å². The van der Waals surface area contributed by atoms with Gasteiger partial charge in [-0.05, 0) is 6.42 Å². The summed E-state index contributed by atoms with van der Waals surface area (Å²) in [6.45, 7) is 3.04. The first-order valence-electron chi connectivity index (χ1n) is 6.19. The van der Waals surface area contributed by atoms with E-state index in [9.17, 15) is 0 Å². The van der Waals surface area contributed by atoms with Crippen LogP contribution in [0.25, 0.3) is 11.4 Å². The van der Waals surface area contributed by atoms with Crippen LogP contribution >= 0.6 is 0 Å². The molecular weight excluding hydrogens is 224 g/mol. The Morgan fingerprint density at radius 2 is 1.78 bits per heavy atom. The van der Waals surface area contributed by atoms with Crippen molar-refractivity contribution in [2.24, 2.45) is 0 Å². The van der Waals surface area contributed by atoms with E-state index >= 15 is 0 Å². The lowest BCUT2D eigenvalue weighted by Crippen LogP contribution is -2.05. The molecule has 1 heterocycles. The van der Waals surface area contributed by atoms with Crippen molar-refractivity contribution in [1.82, 2.24) is 9.97 Å². The predicted molar refractivity (Wildman–Crippen MR) is 75.8 cm³/mol. The summed E-state index contributed by atoms with van der Waals surface area (Å²) < 4.78 is 0. The minimum atomic E-state index is 0.737. The molecule has 4 nitrogen and oxygen atoms in total. The van der Waals surface area contributed by atoms with E-state index in [1.54, 1.807) is 0 Å². The molecular formula is C14H18N4. The first-order chi connectivity index (χ1) is 8.83. The Balaban J connectivity index is 2.35. The first kappa shape index (κ1) is 12.4. The molecule has 2 rings (SSSR count). The molecule has 0 amide bonds. The SMILES string of the molecule is CCCNc1cc(NC)nc(-c2ccccc2)n1. The first-order valence-corrected chi connectivity index (χ1v) is 6.19. The lowest BCUT2D eigenvalue weighted by molar-refractivity contribution is 0.966. The van der Waals surface area contributed by atoms with Gasteiger partial charge in [-0.2, -0.15) is 0 Å². The third-order valence-electron chi connectivity index (χ3n) is 2.57. The fourth-order valence-corrected chi connectivity index (χ4v) is 1.64. The zero-order valence-corrected chi connectivity index (χ0v) is 10.8. The van der Waals surface area contributed by atoms with Crippen molar-refractivity contribution in [3.8, 4) is 11.4 Å². The molecule has 0 saturated carbocycles. The van der Waals surface area contributed by atoms with Crippen molar-refractivity contribution in [2.75, 3.05) is 24.2 Å².